The van der Waals surface area contributed by atoms with Crippen molar-refractivity contribution in [1.82, 2.24) is 10.1 Å². The largest absolute Gasteiger partial charge is 0.364 e. The molecule has 0 radical (unpaired) electrons. The van der Waals surface area contributed by atoms with Crippen molar-refractivity contribution >= 4 is 0 Å². The monoisotopic (exact) mass is 225 g/mol. The van der Waals surface area contributed by atoms with Crippen molar-refractivity contribution in [2.75, 3.05) is 6.54 Å². The molecule has 0 spiro atoms. The highest BCUT2D eigenvalue weighted by atomic mass is 16.5. The van der Waals surface area contributed by atoms with Crippen LogP contribution < -0.4 is 5.73 Å². The van der Waals surface area contributed by atoms with Gasteiger partial charge in [-0.1, -0.05) is 19.0 Å². The first-order valence-electron chi connectivity index (χ1n) is 5.87. The maximum absolute atomic E-state index is 5.69. The fourth-order valence-corrected chi connectivity index (χ4v) is 1.91. The number of hydrogen-bond acceptors (Lipinski definition) is 5. The molecule has 0 aliphatic carbocycles. The number of hydrogen-bond donors (Lipinski definition) is 1. The summed E-state index contributed by atoms with van der Waals surface area (Å²) in [6.07, 6.45) is 2.83. The maximum atomic E-state index is 5.69. The molecule has 0 aromatic carbocycles. The predicted molar refractivity (Wildman–Crippen MR) is 58.7 cm³/mol. The molecule has 2 unspecified atom stereocenters. The third-order valence-corrected chi connectivity index (χ3v) is 2.72. The molecule has 1 aromatic rings. The first-order valence-corrected chi connectivity index (χ1v) is 5.87. The smallest absolute Gasteiger partial charge is 0.255 e. The minimum atomic E-state index is -0.0537. The van der Waals surface area contributed by atoms with Crippen LogP contribution >= 0.6 is 0 Å². The van der Waals surface area contributed by atoms with Gasteiger partial charge in [-0.25, -0.2) is 0 Å². The van der Waals surface area contributed by atoms with Crippen LogP contribution in [0.4, 0.5) is 0 Å². The average molecular weight is 225 g/mol. The van der Waals surface area contributed by atoms with E-state index in [9.17, 15) is 0 Å². The van der Waals surface area contributed by atoms with Gasteiger partial charge in [-0.3, -0.25) is 0 Å². The molecule has 0 amide bonds. The van der Waals surface area contributed by atoms with E-state index in [0.717, 1.165) is 25.1 Å². The van der Waals surface area contributed by atoms with E-state index in [2.05, 4.69) is 24.0 Å². The van der Waals surface area contributed by atoms with E-state index in [0.29, 0.717) is 18.4 Å². The van der Waals surface area contributed by atoms with Gasteiger partial charge >= 0.3 is 0 Å². The van der Waals surface area contributed by atoms with Gasteiger partial charge in [-0.05, 0) is 18.8 Å². The Hall–Kier alpha value is -0.940. The Labute approximate surface area is 95.3 Å². The Balaban J connectivity index is 1.97. The summed E-state index contributed by atoms with van der Waals surface area (Å²) in [5.41, 5.74) is 5.55. The molecular weight excluding hydrogens is 206 g/mol. The number of rotatable bonds is 4. The molecule has 0 saturated carbocycles. The van der Waals surface area contributed by atoms with E-state index < -0.39 is 0 Å². The summed E-state index contributed by atoms with van der Waals surface area (Å²) in [6.45, 7) is 4.82. The lowest BCUT2D eigenvalue weighted by atomic mass is 10.1. The van der Waals surface area contributed by atoms with Crippen molar-refractivity contribution in [2.45, 2.75) is 45.3 Å². The summed E-state index contributed by atoms with van der Waals surface area (Å²) in [5.74, 6) is 1.91. The molecule has 1 saturated heterocycles. The third kappa shape index (κ3) is 2.59. The van der Waals surface area contributed by atoms with Crippen molar-refractivity contribution in [2.24, 2.45) is 11.7 Å². The van der Waals surface area contributed by atoms with Gasteiger partial charge in [0.1, 0.15) is 6.10 Å². The van der Waals surface area contributed by atoms with E-state index in [-0.39, 0.29) is 12.2 Å². The van der Waals surface area contributed by atoms with Crippen LogP contribution in [0.25, 0.3) is 0 Å². The summed E-state index contributed by atoms with van der Waals surface area (Å²) in [6, 6.07) is 0. The Bertz CT molecular complexity index is 338. The normalized spacial score (nSPS) is 25.5. The molecule has 1 fully saturated rings. The van der Waals surface area contributed by atoms with Crippen LogP contribution in [0.1, 0.15) is 44.5 Å². The van der Waals surface area contributed by atoms with Crippen LogP contribution in [0, 0.1) is 5.92 Å². The van der Waals surface area contributed by atoms with E-state index in [1.165, 1.54) is 0 Å². The average Bonchev–Trinajstić information content (AvgIpc) is 2.83. The van der Waals surface area contributed by atoms with Gasteiger partial charge in [-0.2, -0.15) is 4.98 Å². The minimum Gasteiger partial charge on any atom is -0.364 e. The SMILES string of the molecule is CC(C)Cc1noc(C2CCC(CN)O2)n1. The number of nitrogens with two attached hydrogens (primary N) is 1. The molecule has 1 aromatic heterocycles. The highest BCUT2D eigenvalue weighted by molar-refractivity contribution is 4.94. The summed E-state index contributed by atoms with van der Waals surface area (Å²) < 4.78 is 10.9. The van der Waals surface area contributed by atoms with Gasteiger partial charge in [0, 0.05) is 13.0 Å². The highest BCUT2D eigenvalue weighted by Crippen LogP contribution is 2.31. The second kappa shape index (κ2) is 4.93. The zero-order valence-electron chi connectivity index (χ0n) is 9.85. The van der Waals surface area contributed by atoms with Gasteiger partial charge in [0.2, 0.25) is 0 Å². The fraction of sp³-hybridized carbons (Fsp3) is 0.818. The lowest BCUT2D eigenvalue weighted by molar-refractivity contribution is 0.0307. The Kier molecular flexibility index (Phi) is 3.56. The maximum Gasteiger partial charge on any atom is 0.255 e. The van der Waals surface area contributed by atoms with Gasteiger partial charge < -0.3 is 15.0 Å². The highest BCUT2D eigenvalue weighted by Gasteiger charge is 2.29. The molecule has 2 atom stereocenters. The van der Waals surface area contributed by atoms with Crippen LogP contribution in [0.3, 0.4) is 0 Å². The van der Waals surface area contributed by atoms with Gasteiger partial charge in [0.15, 0.2) is 5.82 Å². The molecule has 2 N–H and O–H groups in total. The van der Waals surface area contributed by atoms with Crippen LogP contribution in [-0.4, -0.2) is 22.8 Å². The molecular formula is C11H19N3O2. The van der Waals surface area contributed by atoms with Crippen molar-refractivity contribution in [3.05, 3.63) is 11.7 Å². The first-order chi connectivity index (χ1) is 7.69. The van der Waals surface area contributed by atoms with Crippen molar-refractivity contribution in [3.8, 4) is 0 Å². The fourth-order valence-electron chi connectivity index (χ4n) is 1.91. The first kappa shape index (κ1) is 11.5. The summed E-state index contributed by atoms with van der Waals surface area (Å²) in [7, 11) is 0. The van der Waals surface area contributed by atoms with Crippen molar-refractivity contribution in [1.29, 1.82) is 0 Å². The number of aromatic nitrogens is 2. The molecule has 90 valence electrons. The van der Waals surface area contributed by atoms with Crippen LogP contribution in [0.15, 0.2) is 4.52 Å². The topological polar surface area (TPSA) is 74.2 Å². The lowest BCUT2D eigenvalue weighted by Crippen LogP contribution is -2.18. The summed E-state index contributed by atoms with van der Waals surface area (Å²) >= 11 is 0. The molecule has 2 heterocycles. The van der Waals surface area contributed by atoms with Crippen molar-refractivity contribution in [3.63, 3.8) is 0 Å². The third-order valence-electron chi connectivity index (χ3n) is 2.72. The zero-order chi connectivity index (χ0) is 11.5. The Morgan fingerprint density at radius 1 is 1.44 bits per heavy atom. The molecule has 16 heavy (non-hydrogen) atoms. The zero-order valence-corrected chi connectivity index (χ0v) is 9.85. The Morgan fingerprint density at radius 2 is 2.25 bits per heavy atom. The second-order valence-electron chi connectivity index (χ2n) is 4.71. The lowest BCUT2D eigenvalue weighted by Gasteiger charge is -2.07. The standard InChI is InChI=1S/C11H19N3O2/c1-7(2)5-10-13-11(16-14-10)9-4-3-8(6-12)15-9/h7-9H,3-6,12H2,1-2H3. The van der Waals surface area contributed by atoms with Crippen LogP contribution in [0.5, 0.6) is 0 Å². The van der Waals surface area contributed by atoms with E-state index in [1.54, 1.807) is 0 Å². The van der Waals surface area contributed by atoms with Gasteiger partial charge in [0.25, 0.3) is 5.89 Å². The molecule has 5 heteroatoms. The minimum absolute atomic E-state index is 0.0537. The molecule has 0 bridgehead atoms. The molecule has 2 rings (SSSR count). The molecule has 1 aliphatic heterocycles. The summed E-state index contributed by atoms with van der Waals surface area (Å²) in [5, 5.41) is 3.95. The number of ether oxygens (including phenoxy) is 1. The van der Waals surface area contributed by atoms with E-state index in [1.807, 2.05) is 0 Å². The quantitative estimate of drug-likeness (QED) is 0.839. The van der Waals surface area contributed by atoms with E-state index >= 15 is 0 Å². The van der Waals surface area contributed by atoms with Gasteiger partial charge in [0.05, 0.1) is 6.10 Å². The van der Waals surface area contributed by atoms with Crippen molar-refractivity contribution < 1.29 is 9.26 Å². The Morgan fingerprint density at radius 3 is 2.88 bits per heavy atom. The van der Waals surface area contributed by atoms with Crippen LogP contribution in [0.2, 0.25) is 0 Å². The van der Waals surface area contributed by atoms with Crippen LogP contribution in [-0.2, 0) is 11.2 Å². The predicted octanol–water partition coefficient (Wildman–Crippen LogP) is 1.45. The number of nitrogens with zero attached hydrogens (tertiary/aromatic N) is 2. The summed E-state index contributed by atoms with van der Waals surface area (Å²) in [4.78, 5) is 4.36. The molecule has 1 aliphatic rings. The van der Waals surface area contributed by atoms with Gasteiger partial charge in [-0.15, -0.1) is 0 Å². The van der Waals surface area contributed by atoms with E-state index in [4.69, 9.17) is 15.0 Å². The molecule has 5 nitrogen and oxygen atoms in total. The second-order valence-corrected chi connectivity index (χ2v) is 4.71.